The number of benzene rings is 3. The third-order valence-corrected chi connectivity index (χ3v) is 6.73. The van der Waals surface area contributed by atoms with Crippen LogP contribution in [0.3, 0.4) is 0 Å². The number of alkyl halides is 3. The standard InChI is InChI=1S/C24H23F3N2O4S/c25-24(26,27)22-7-3-4-18(15-22)16-28-10-12-29(13-11-28)23(30)33-34(31,32)17-19-8-9-20-5-1-2-6-21(20)14-19/h1-9,14-15H,10-13,16-17H2. The molecule has 1 amide bonds. The first-order valence-electron chi connectivity index (χ1n) is 10.7. The first kappa shape index (κ1) is 24.0. The first-order chi connectivity index (χ1) is 16.1. The van der Waals surface area contributed by atoms with Crippen LogP contribution >= 0.6 is 0 Å². The molecule has 6 nitrogen and oxygen atoms in total. The zero-order valence-electron chi connectivity index (χ0n) is 18.2. The first-order valence-corrected chi connectivity index (χ1v) is 12.2. The van der Waals surface area contributed by atoms with Gasteiger partial charge in [-0.25, -0.2) is 4.79 Å². The van der Waals surface area contributed by atoms with Gasteiger partial charge in [0.2, 0.25) is 0 Å². The van der Waals surface area contributed by atoms with E-state index < -0.39 is 33.7 Å². The van der Waals surface area contributed by atoms with Crippen molar-refractivity contribution in [3.63, 3.8) is 0 Å². The van der Waals surface area contributed by atoms with Crippen LogP contribution in [0.4, 0.5) is 18.0 Å². The van der Waals surface area contributed by atoms with Crippen molar-refractivity contribution >= 4 is 27.0 Å². The van der Waals surface area contributed by atoms with E-state index in [0.29, 0.717) is 30.8 Å². The second-order valence-electron chi connectivity index (χ2n) is 8.19. The van der Waals surface area contributed by atoms with Crippen LogP contribution in [0.1, 0.15) is 16.7 Å². The highest BCUT2D eigenvalue weighted by molar-refractivity contribution is 7.86. The van der Waals surface area contributed by atoms with E-state index in [-0.39, 0.29) is 13.1 Å². The smallest absolute Gasteiger partial charge is 0.327 e. The molecule has 0 radical (unpaired) electrons. The van der Waals surface area contributed by atoms with Gasteiger partial charge in [0.25, 0.3) is 0 Å². The van der Waals surface area contributed by atoms with Crippen molar-refractivity contribution in [2.24, 2.45) is 0 Å². The topological polar surface area (TPSA) is 66.9 Å². The SMILES string of the molecule is O=C(OS(=O)(=O)Cc1ccc2ccccc2c1)N1CCN(Cc2cccc(C(F)(F)F)c2)CC1. The summed E-state index contributed by atoms with van der Waals surface area (Å²) in [4.78, 5) is 15.6. The van der Waals surface area contributed by atoms with Crippen molar-refractivity contribution in [2.75, 3.05) is 26.2 Å². The minimum absolute atomic E-state index is 0.212. The number of fused-ring (bicyclic) bond motifs is 1. The monoisotopic (exact) mass is 492 g/mol. The lowest BCUT2D eigenvalue weighted by Gasteiger charge is -2.33. The van der Waals surface area contributed by atoms with Crippen LogP contribution in [0.25, 0.3) is 10.8 Å². The molecule has 1 saturated heterocycles. The number of amides is 1. The molecule has 10 heteroatoms. The predicted octanol–water partition coefficient (Wildman–Crippen LogP) is 4.64. The Hall–Kier alpha value is -3.11. The second kappa shape index (κ2) is 9.63. The molecule has 3 aromatic carbocycles. The number of hydrogen-bond donors (Lipinski definition) is 0. The molecular formula is C24H23F3N2O4S. The maximum Gasteiger partial charge on any atom is 0.425 e. The van der Waals surface area contributed by atoms with Gasteiger partial charge in [-0.1, -0.05) is 60.7 Å². The molecule has 4 rings (SSSR count). The fraction of sp³-hybridized carbons (Fsp3) is 0.292. The van der Waals surface area contributed by atoms with Gasteiger partial charge in [-0.15, -0.1) is 0 Å². The highest BCUT2D eigenvalue weighted by atomic mass is 32.2. The zero-order valence-corrected chi connectivity index (χ0v) is 19.0. The number of hydrogen-bond acceptors (Lipinski definition) is 5. The van der Waals surface area contributed by atoms with Gasteiger partial charge in [0.15, 0.2) is 0 Å². The average molecular weight is 493 g/mol. The van der Waals surface area contributed by atoms with E-state index >= 15 is 0 Å². The van der Waals surface area contributed by atoms with E-state index in [9.17, 15) is 26.4 Å². The molecule has 1 heterocycles. The quantitative estimate of drug-likeness (QED) is 0.486. The number of rotatable bonds is 5. The van der Waals surface area contributed by atoms with Crippen molar-refractivity contribution < 1.29 is 30.6 Å². The van der Waals surface area contributed by atoms with Gasteiger partial charge in [-0.3, -0.25) is 4.90 Å². The van der Waals surface area contributed by atoms with Crippen LogP contribution in [-0.2, 0) is 32.8 Å². The molecule has 1 aliphatic heterocycles. The summed E-state index contributed by atoms with van der Waals surface area (Å²) in [5.41, 5.74) is 0.324. The lowest BCUT2D eigenvalue weighted by Crippen LogP contribution is -2.48. The third-order valence-electron chi connectivity index (χ3n) is 5.65. The Morgan fingerprint density at radius 2 is 1.56 bits per heavy atom. The number of piperazine rings is 1. The van der Waals surface area contributed by atoms with E-state index in [1.807, 2.05) is 35.2 Å². The molecule has 180 valence electrons. The van der Waals surface area contributed by atoms with Crippen LogP contribution in [0.5, 0.6) is 0 Å². The fourth-order valence-electron chi connectivity index (χ4n) is 3.92. The van der Waals surface area contributed by atoms with E-state index in [1.54, 1.807) is 18.2 Å². The molecule has 3 aromatic rings. The molecule has 0 spiro atoms. The van der Waals surface area contributed by atoms with E-state index in [0.717, 1.165) is 22.9 Å². The zero-order chi connectivity index (χ0) is 24.3. The summed E-state index contributed by atoms with van der Waals surface area (Å²) in [6.07, 6.45) is -5.35. The average Bonchev–Trinajstić information content (AvgIpc) is 2.78. The van der Waals surface area contributed by atoms with Crippen molar-refractivity contribution in [1.29, 1.82) is 0 Å². The summed E-state index contributed by atoms with van der Waals surface area (Å²) in [7, 11) is -4.14. The van der Waals surface area contributed by atoms with Gasteiger partial charge in [-0.05, 0) is 28.0 Å². The molecular weight excluding hydrogens is 469 g/mol. The molecule has 0 N–H and O–H groups in total. The van der Waals surface area contributed by atoms with E-state index in [1.165, 1.54) is 11.0 Å². The van der Waals surface area contributed by atoms with Gasteiger partial charge >= 0.3 is 22.4 Å². The molecule has 0 atom stereocenters. The Morgan fingerprint density at radius 3 is 2.26 bits per heavy atom. The largest absolute Gasteiger partial charge is 0.425 e. The molecule has 0 bridgehead atoms. The minimum atomic E-state index is -4.41. The summed E-state index contributed by atoms with van der Waals surface area (Å²) in [5, 5.41) is 1.86. The van der Waals surface area contributed by atoms with Crippen molar-refractivity contribution in [3.8, 4) is 0 Å². The Morgan fingerprint density at radius 1 is 0.853 bits per heavy atom. The van der Waals surface area contributed by atoms with Crippen LogP contribution < -0.4 is 0 Å². The van der Waals surface area contributed by atoms with Crippen LogP contribution in [0.2, 0.25) is 0 Å². The van der Waals surface area contributed by atoms with Crippen molar-refractivity contribution in [3.05, 3.63) is 83.4 Å². The van der Waals surface area contributed by atoms with Gasteiger partial charge in [0.1, 0.15) is 5.75 Å². The van der Waals surface area contributed by atoms with Gasteiger partial charge in [-0.2, -0.15) is 21.6 Å². The normalized spacial score (nSPS) is 15.4. The Labute approximate surface area is 195 Å². The van der Waals surface area contributed by atoms with Gasteiger partial charge < -0.3 is 9.08 Å². The molecule has 0 saturated carbocycles. The van der Waals surface area contributed by atoms with Gasteiger partial charge in [0, 0.05) is 32.7 Å². The van der Waals surface area contributed by atoms with Crippen LogP contribution in [0.15, 0.2) is 66.7 Å². The Balaban J connectivity index is 1.30. The minimum Gasteiger partial charge on any atom is -0.327 e. The molecule has 0 aliphatic carbocycles. The number of halogens is 3. The van der Waals surface area contributed by atoms with Crippen LogP contribution in [0, 0.1) is 0 Å². The lowest BCUT2D eigenvalue weighted by molar-refractivity contribution is -0.137. The highest BCUT2D eigenvalue weighted by Gasteiger charge is 2.31. The van der Waals surface area contributed by atoms with Crippen molar-refractivity contribution in [2.45, 2.75) is 18.5 Å². The lowest BCUT2D eigenvalue weighted by atomic mass is 10.1. The fourth-order valence-corrected chi connectivity index (χ4v) is 4.89. The molecule has 34 heavy (non-hydrogen) atoms. The Bertz CT molecular complexity index is 1290. The predicted molar refractivity (Wildman–Crippen MR) is 121 cm³/mol. The molecule has 0 unspecified atom stereocenters. The van der Waals surface area contributed by atoms with Gasteiger partial charge in [0.05, 0.1) is 5.56 Å². The summed E-state index contributed by atoms with van der Waals surface area (Å²) >= 11 is 0. The third kappa shape index (κ3) is 6.06. The number of nitrogens with zero attached hydrogens (tertiary/aromatic N) is 2. The summed E-state index contributed by atoms with van der Waals surface area (Å²) in [6.45, 7) is 1.49. The summed E-state index contributed by atoms with van der Waals surface area (Å²) in [5.74, 6) is -0.431. The van der Waals surface area contributed by atoms with Crippen LogP contribution in [-0.4, -0.2) is 50.5 Å². The summed E-state index contributed by atoms with van der Waals surface area (Å²) < 4.78 is 68.4. The van der Waals surface area contributed by atoms with E-state index in [4.69, 9.17) is 4.18 Å². The summed E-state index contributed by atoms with van der Waals surface area (Å²) in [6, 6.07) is 17.9. The molecule has 1 fully saturated rings. The Kier molecular flexibility index (Phi) is 6.81. The molecule has 1 aliphatic rings. The van der Waals surface area contributed by atoms with E-state index in [2.05, 4.69) is 0 Å². The number of carbonyl (C=O) groups is 1. The maximum absolute atomic E-state index is 12.9. The number of carbonyl (C=O) groups excluding carboxylic acids is 1. The second-order valence-corrected chi connectivity index (χ2v) is 9.76. The highest BCUT2D eigenvalue weighted by Crippen LogP contribution is 2.30. The van der Waals surface area contributed by atoms with Crippen molar-refractivity contribution in [1.82, 2.24) is 9.80 Å². The molecule has 0 aromatic heterocycles. The maximum atomic E-state index is 12.9.